The summed E-state index contributed by atoms with van der Waals surface area (Å²) in [5.41, 5.74) is 4.05. The van der Waals surface area contributed by atoms with Crippen molar-refractivity contribution < 1.29 is 4.79 Å². The van der Waals surface area contributed by atoms with Crippen LogP contribution in [0, 0.1) is 0 Å². The molecule has 6 heteroatoms. The smallest absolute Gasteiger partial charge is 0.226 e. The molecule has 1 amide bonds. The number of amides is 1. The normalized spacial score (nSPS) is 11.0. The van der Waals surface area contributed by atoms with Crippen LogP contribution in [-0.4, -0.2) is 15.9 Å². The van der Waals surface area contributed by atoms with Gasteiger partial charge in [-0.15, -0.1) is 11.3 Å². The van der Waals surface area contributed by atoms with Gasteiger partial charge < -0.3 is 10.3 Å². The lowest BCUT2D eigenvalue weighted by atomic mass is 10.1. The number of aromatic amines is 1. The monoisotopic (exact) mass is 381 g/mol. The van der Waals surface area contributed by atoms with Gasteiger partial charge >= 0.3 is 0 Å². The van der Waals surface area contributed by atoms with Crippen LogP contribution in [0.25, 0.3) is 22.2 Å². The highest BCUT2D eigenvalue weighted by molar-refractivity contribution is 7.14. The van der Waals surface area contributed by atoms with Crippen LogP contribution in [0.2, 0.25) is 5.02 Å². The van der Waals surface area contributed by atoms with Crippen LogP contribution in [0.15, 0.2) is 60.1 Å². The minimum atomic E-state index is -0.0349. The molecule has 0 unspecified atom stereocenters. The summed E-state index contributed by atoms with van der Waals surface area (Å²) in [6.45, 7) is 0. The molecule has 4 rings (SSSR count). The van der Waals surface area contributed by atoms with Crippen LogP contribution in [0.1, 0.15) is 12.0 Å². The molecule has 130 valence electrons. The lowest BCUT2D eigenvalue weighted by Crippen LogP contribution is -2.12. The van der Waals surface area contributed by atoms with E-state index in [1.807, 2.05) is 54.0 Å². The zero-order chi connectivity index (χ0) is 17.9. The summed E-state index contributed by atoms with van der Waals surface area (Å²) in [5.74, 6) is -0.0349. The molecule has 4 aromatic rings. The maximum atomic E-state index is 12.3. The number of hydrogen-bond donors (Lipinski definition) is 2. The maximum Gasteiger partial charge on any atom is 0.226 e. The van der Waals surface area contributed by atoms with Crippen LogP contribution in [0.3, 0.4) is 0 Å². The molecule has 0 aliphatic heterocycles. The number of H-pyrrole nitrogens is 1. The van der Waals surface area contributed by atoms with Gasteiger partial charge in [-0.05, 0) is 30.2 Å². The Morgan fingerprint density at radius 1 is 1.15 bits per heavy atom. The van der Waals surface area contributed by atoms with Gasteiger partial charge in [-0.3, -0.25) is 4.79 Å². The Hall–Kier alpha value is -2.63. The van der Waals surface area contributed by atoms with E-state index >= 15 is 0 Å². The number of para-hydroxylation sites is 1. The van der Waals surface area contributed by atoms with E-state index in [0.717, 1.165) is 22.3 Å². The average Bonchev–Trinajstić information content (AvgIpc) is 3.28. The Balaban J connectivity index is 1.38. The highest BCUT2D eigenvalue weighted by Gasteiger charge is 2.10. The van der Waals surface area contributed by atoms with Gasteiger partial charge in [0.1, 0.15) is 0 Å². The number of nitrogens with one attached hydrogen (secondary N) is 2. The summed E-state index contributed by atoms with van der Waals surface area (Å²) in [4.78, 5) is 20.0. The largest absolute Gasteiger partial charge is 0.361 e. The first kappa shape index (κ1) is 16.8. The molecule has 0 saturated carbocycles. The summed E-state index contributed by atoms with van der Waals surface area (Å²) in [7, 11) is 0. The lowest BCUT2D eigenvalue weighted by Gasteiger charge is -2.02. The highest BCUT2D eigenvalue weighted by atomic mass is 35.5. The van der Waals surface area contributed by atoms with Crippen molar-refractivity contribution in [3.05, 3.63) is 70.7 Å². The standard InChI is InChI=1S/C20H16ClN3OS/c21-15-8-5-13(6-9-15)18-12-26-20(23-18)24-19(25)10-7-14-11-22-17-4-2-1-3-16(14)17/h1-6,8-9,11-12,22H,7,10H2,(H,23,24,25). The van der Waals surface area contributed by atoms with E-state index in [1.165, 1.54) is 16.7 Å². The minimum absolute atomic E-state index is 0.0349. The van der Waals surface area contributed by atoms with Gasteiger partial charge in [0, 0.05) is 39.5 Å². The van der Waals surface area contributed by atoms with Crippen molar-refractivity contribution in [2.75, 3.05) is 5.32 Å². The third-order valence-corrected chi connectivity index (χ3v) is 5.20. The number of carbonyl (C=O) groups is 1. The summed E-state index contributed by atoms with van der Waals surface area (Å²) in [5, 5.41) is 7.28. The van der Waals surface area contributed by atoms with Crippen molar-refractivity contribution in [3.63, 3.8) is 0 Å². The fourth-order valence-corrected chi connectivity index (χ4v) is 3.71. The van der Waals surface area contributed by atoms with Gasteiger partial charge in [-0.25, -0.2) is 4.98 Å². The molecule has 0 aliphatic carbocycles. The first-order valence-electron chi connectivity index (χ1n) is 8.25. The summed E-state index contributed by atoms with van der Waals surface area (Å²) < 4.78 is 0. The van der Waals surface area contributed by atoms with Gasteiger partial charge in [0.25, 0.3) is 0 Å². The average molecular weight is 382 g/mol. The second-order valence-corrected chi connectivity index (χ2v) is 7.25. The summed E-state index contributed by atoms with van der Waals surface area (Å²) in [6, 6.07) is 15.6. The van der Waals surface area contributed by atoms with Crippen LogP contribution >= 0.6 is 22.9 Å². The van der Waals surface area contributed by atoms with Gasteiger partial charge in [0.15, 0.2) is 5.13 Å². The number of rotatable bonds is 5. The van der Waals surface area contributed by atoms with Gasteiger partial charge in [-0.1, -0.05) is 41.9 Å². The minimum Gasteiger partial charge on any atom is -0.361 e. The van der Waals surface area contributed by atoms with Gasteiger partial charge in [0.2, 0.25) is 5.91 Å². The molecule has 2 aromatic carbocycles. The second kappa shape index (κ2) is 7.32. The predicted molar refractivity (Wildman–Crippen MR) is 108 cm³/mol. The Labute approximate surface area is 159 Å². The Bertz CT molecular complexity index is 1050. The van der Waals surface area contributed by atoms with Crippen LogP contribution in [-0.2, 0) is 11.2 Å². The van der Waals surface area contributed by atoms with E-state index < -0.39 is 0 Å². The zero-order valence-corrected chi connectivity index (χ0v) is 15.4. The summed E-state index contributed by atoms with van der Waals surface area (Å²) in [6.07, 6.45) is 3.07. The lowest BCUT2D eigenvalue weighted by molar-refractivity contribution is -0.116. The number of anilines is 1. The molecule has 0 aliphatic rings. The molecule has 0 radical (unpaired) electrons. The van der Waals surface area contributed by atoms with E-state index in [2.05, 4.69) is 21.4 Å². The number of benzene rings is 2. The molecule has 0 spiro atoms. The molecule has 0 atom stereocenters. The zero-order valence-electron chi connectivity index (χ0n) is 13.8. The third-order valence-electron chi connectivity index (χ3n) is 4.19. The number of thiazole rings is 1. The number of aromatic nitrogens is 2. The fraction of sp³-hybridized carbons (Fsp3) is 0.100. The molecule has 2 N–H and O–H groups in total. The van der Waals surface area contributed by atoms with Crippen molar-refractivity contribution in [2.45, 2.75) is 12.8 Å². The number of nitrogens with zero attached hydrogens (tertiary/aromatic N) is 1. The van der Waals surface area contributed by atoms with E-state index in [-0.39, 0.29) is 5.91 Å². The number of carbonyl (C=O) groups excluding carboxylic acids is 1. The van der Waals surface area contributed by atoms with E-state index in [9.17, 15) is 4.79 Å². The maximum absolute atomic E-state index is 12.3. The van der Waals surface area contributed by atoms with Crippen molar-refractivity contribution in [2.24, 2.45) is 0 Å². The third kappa shape index (κ3) is 3.64. The Morgan fingerprint density at radius 2 is 1.96 bits per heavy atom. The van der Waals surface area contributed by atoms with Crippen molar-refractivity contribution in [3.8, 4) is 11.3 Å². The van der Waals surface area contributed by atoms with Crippen LogP contribution in [0.5, 0.6) is 0 Å². The predicted octanol–water partition coefficient (Wildman–Crippen LogP) is 5.52. The summed E-state index contributed by atoms with van der Waals surface area (Å²) >= 11 is 7.33. The molecular weight excluding hydrogens is 366 g/mol. The number of aryl methyl sites for hydroxylation is 1. The molecule has 0 saturated heterocycles. The molecule has 2 heterocycles. The molecule has 4 nitrogen and oxygen atoms in total. The van der Waals surface area contributed by atoms with Crippen molar-refractivity contribution >= 4 is 44.9 Å². The second-order valence-electron chi connectivity index (χ2n) is 5.95. The molecular formula is C20H16ClN3OS. The van der Waals surface area contributed by atoms with Gasteiger partial charge in [0.05, 0.1) is 5.69 Å². The number of fused-ring (bicyclic) bond motifs is 1. The quantitative estimate of drug-likeness (QED) is 0.478. The van der Waals surface area contributed by atoms with Gasteiger partial charge in [-0.2, -0.15) is 0 Å². The molecule has 0 fully saturated rings. The molecule has 2 aromatic heterocycles. The van der Waals surface area contributed by atoms with E-state index in [0.29, 0.717) is 23.0 Å². The van der Waals surface area contributed by atoms with Crippen LogP contribution < -0.4 is 5.32 Å². The van der Waals surface area contributed by atoms with Crippen molar-refractivity contribution in [1.82, 2.24) is 9.97 Å². The Kier molecular flexibility index (Phi) is 4.73. The Morgan fingerprint density at radius 3 is 2.81 bits per heavy atom. The van der Waals surface area contributed by atoms with E-state index in [1.54, 1.807) is 0 Å². The SMILES string of the molecule is O=C(CCc1c[nH]c2ccccc12)Nc1nc(-c2ccc(Cl)cc2)cs1. The fourth-order valence-electron chi connectivity index (χ4n) is 2.85. The van der Waals surface area contributed by atoms with Crippen LogP contribution in [0.4, 0.5) is 5.13 Å². The number of halogens is 1. The van der Waals surface area contributed by atoms with E-state index in [4.69, 9.17) is 11.6 Å². The first-order valence-corrected chi connectivity index (χ1v) is 9.51. The topological polar surface area (TPSA) is 57.8 Å². The first-order chi connectivity index (χ1) is 12.7. The molecule has 26 heavy (non-hydrogen) atoms. The molecule has 0 bridgehead atoms. The highest BCUT2D eigenvalue weighted by Crippen LogP contribution is 2.26. The van der Waals surface area contributed by atoms with Crippen molar-refractivity contribution in [1.29, 1.82) is 0 Å². The number of hydrogen-bond acceptors (Lipinski definition) is 3.